The van der Waals surface area contributed by atoms with E-state index in [1.807, 2.05) is 7.05 Å². The number of guanidine groups is 1. The van der Waals surface area contributed by atoms with Crippen LogP contribution in [0.15, 0.2) is 29.3 Å². The van der Waals surface area contributed by atoms with Gasteiger partial charge < -0.3 is 10.2 Å². The Morgan fingerprint density at radius 2 is 1.96 bits per heavy atom. The first-order valence-electron chi connectivity index (χ1n) is 9.21. The minimum Gasteiger partial charge on any atom is -0.350 e. The lowest BCUT2D eigenvalue weighted by atomic mass is 10.1. The molecule has 2 heterocycles. The Hall–Kier alpha value is -1.92. The third-order valence-corrected chi connectivity index (χ3v) is 5.92. The Kier molecular flexibility index (Phi) is 6.27. The van der Waals surface area contributed by atoms with Gasteiger partial charge in [-0.15, -0.1) is 11.3 Å². The van der Waals surface area contributed by atoms with E-state index in [0.717, 1.165) is 55.9 Å². The maximum absolute atomic E-state index is 4.60. The smallest absolute Gasteiger partial charge is 0.194 e. The number of aliphatic imine (C=N–C) groups is 1. The Morgan fingerprint density at radius 1 is 1.19 bits per heavy atom. The Balaban J connectivity index is 1.49. The molecule has 0 radical (unpaired) electrons. The van der Waals surface area contributed by atoms with E-state index in [-0.39, 0.29) is 0 Å². The quantitative estimate of drug-likeness (QED) is 0.663. The molecular weight excluding hydrogens is 342 g/mol. The van der Waals surface area contributed by atoms with E-state index < -0.39 is 0 Å². The molecule has 1 aromatic carbocycles. The number of nitrogens with zero attached hydrogens (tertiary/aromatic N) is 4. The zero-order valence-electron chi connectivity index (χ0n) is 16.2. The minimum atomic E-state index is 0.746. The van der Waals surface area contributed by atoms with Gasteiger partial charge in [0, 0.05) is 44.6 Å². The highest BCUT2D eigenvalue weighted by atomic mass is 32.1. The first-order chi connectivity index (χ1) is 12.5. The molecule has 0 unspecified atom stereocenters. The lowest BCUT2D eigenvalue weighted by Gasteiger charge is -2.36. The van der Waals surface area contributed by atoms with Crippen molar-refractivity contribution in [1.82, 2.24) is 20.1 Å². The van der Waals surface area contributed by atoms with E-state index in [0.29, 0.717) is 0 Å². The molecule has 2 aromatic rings. The summed E-state index contributed by atoms with van der Waals surface area (Å²) in [6.07, 6.45) is 0. The zero-order valence-corrected chi connectivity index (χ0v) is 17.1. The van der Waals surface area contributed by atoms with Gasteiger partial charge in [0.25, 0.3) is 0 Å². The third kappa shape index (κ3) is 4.83. The van der Waals surface area contributed by atoms with Crippen molar-refractivity contribution in [2.75, 3.05) is 33.2 Å². The van der Waals surface area contributed by atoms with Gasteiger partial charge >= 0.3 is 0 Å². The molecule has 0 saturated carbocycles. The summed E-state index contributed by atoms with van der Waals surface area (Å²) in [6, 6.07) is 8.81. The number of hydrogen-bond donors (Lipinski definition) is 1. The summed E-state index contributed by atoms with van der Waals surface area (Å²) in [5.41, 5.74) is 3.86. The van der Waals surface area contributed by atoms with Crippen molar-refractivity contribution in [2.45, 2.75) is 33.9 Å². The second kappa shape index (κ2) is 8.64. The van der Waals surface area contributed by atoms with Gasteiger partial charge in [-0.25, -0.2) is 4.98 Å². The topological polar surface area (TPSA) is 43.8 Å². The molecule has 1 N–H and O–H groups in total. The van der Waals surface area contributed by atoms with E-state index in [9.17, 15) is 0 Å². The number of benzene rings is 1. The van der Waals surface area contributed by atoms with Crippen LogP contribution in [0.25, 0.3) is 0 Å². The van der Waals surface area contributed by atoms with E-state index in [4.69, 9.17) is 0 Å². The highest BCUT2D eigenvalue weighted by Crippen LogP contribution is 2.16. The molecule has 0 atom stereocenters. The Bertz CT molecular complexity index is 740. The fourth-order valence-corrected chi connectivity index (χ4v) is 4.16. The second-order valence-corrected chi connectivity index (χ2v) is 8.19. The average molecular weight is 372 g/mol. The number of aryl methyl sites for hydroxylation is 3. The van der Waals surface area contributed by atoms with Crippen LogP contribution in [0.4, 0.5) is 0 Å². The standard InChI is InChI=1S/C20H29N5S/c1-15-6-5-7-18(12-15)14-24-8-10-25(11-9-24)20(21-4)22-13-19-23-16(2)17(3)26-19/h5-7,12H,8-11,13-14H2,1-4H3,(H,21,22). The molecule has 0 amide bonds. The largest absolute Gasteiger partial charge is 0.350 e. The van der Waals surface area contributed by atoms with Crippen molar-refractivity contribution in [3.8, 4) is 0 Å². The van der Waals surface area contributed by atoms with E-state index >= 15 is 0 Å². The van der Waals surface area contributed by atoms with Crippen LogP contribution >= 0.6 is 11.3 Å². The molecule has 1 aliphatic rings. The Morgan fingerprint density at radius 3 is 2.58 bits per heavy atom. The van der Waals surface area contributed by atoms with Gasteiger partial charge in [0.1, 0.15) is 5.01 Å². The maximum atomic E-state index is 4.60. The lowest BCUT2D eigenvalue weighted by molar-refractivity contribution is 0.172. The molecule has 1 fully saturated rings. The fourth-order valence-electron chi connectivity index (χ4n) is 3.29. The van der Waals surface area contributed by atoms with Crippen molar-refractivity contribution in [2.24, 2.45) is 4.99 Å². The van der Waals surface area contributed by atoms with Crippen LogP contribution in [0.5, 0.6) is 0 Å². The lowest BCUT2D eigenvalue weighted by Crippen LogP contribution is -2.52. The normalized spacial score (nSPS) is 16.2. The molecule has 1 aromatic heterocycles. The van der Waals surface area contributed by atoms with Crippen molar-refractivity contribution in [3.05, 3.63) is 51.0 Å². The van der Waals surface area contributed by atoms with Gasteiger partial charge in [0.15, 0.2) is 5.96 Å². The van der Waals surface area contributed by atoms with E-state index in [1.54, 1.807) is 11.3 Å². The molecule has 5 nitrogen and oxygen atoms in total. The van der Waals surface area contributed by atoms with E-state index in [2.05, 4.69) is 70.1 Å². The summed E-state index contributed by atoms with van der Waals surface area (Å²) >= 11 is 1.76. The van der Waals surface area contributed by atoms with Crippen LogP contribution in [0.3, 0.4) is 0 Å². The molecule has 0 aliphatic carbocycles. The predicted octanol–water partition coefficient (Wildman–Crippen LogP) is 2.96. The zero-order chi connectivity index (χ0) is 18.5. The number of rotatable bonds is 4. The molecule has 3 rings (SSSR count). The van der Waals surface area contributed by atoms with Crippen LogP contribution < -0.4 is 5.32 Å². The minimum absolute atomic E-state index is 0.746. The monoisotopic (exact) mass is 371 g/mol. The molecule has 0 bridgehead atoms. The van der Waals surface area contributed by atoms with Gasteiger partial charge in [-0.1, -0.05) is 29.8 Å². The summed E-state index contributed by atoms with van der Waals surface area (Å²) in [5, 5.41) is 4.60. The highest BCUT2D eigenvalue weighted by Gasteiger charge is 2.20. The van der Waals surface area contributed by atoms with Gasteiger partial charge in [0.05, 0.1) is 12.2 Å². The van der Waals surface area contributed by atoms with Crippen LogP contribution in [-0.2, 0) is 13.1 Å². The third-order valence-electron chi connectivity index (χ3n) is 4.84. The molecule has 1 saturated heterocycles. The summed E-state index contributed by atoms with van der Waals surface area (Å²) in [5.74, 6) is 0.978. The van der Waals surface area contributed by atoms with Crippen molar-refractivity contribution in [1.29, 1.82) is 0 Å². The molecule has 140 valence electrons. The molecular formula is C20H29N5S. The van der Waals surface area contributed by atoms with Crippen LogP contribution in [-0.4, -0.2) is 54.0 Å². The number of thiazole rings is 1. The van der Waals surface area contributed by atoms with Crippen LogP contribution in [0.1, 0.15) is 26.7 Å². The van der Waals surface area contributed by atoms with Gasteiger partial charge in [0.2, 0.25) is 0 Å². The molecule has 6 heteroatoms. The van der Waals surface area contributed by atoms with Gasteiger partial charge in [-0.3, -0.25) is 9.89 Å². The van der Waals surface area contributed by atoms with Crippen molar-refractivity contribution >= 4 is 17.3 Å². The molecule has 26 heavy (non-hydrogen) atoms. The molecule has 1 aliphatic heterocycles. The fraction of sp³-hybridized carbons (Fsp3) is 0.500. The summed E-state index contributed by atoms with van der Waals surface area (Å²) in [7, 11) is 1.86. The van der Waals surface area contributed by atoms with Crippen LogP contribution in [0, 0.1) is 20.8 Å². The highest BCUT2D eigenvalue weighted by molar-refractivity contribution is 7.11. The summed E-state index contributed by atoms with van der Waals surface area (Å²) in [4.78, 5) is 15.2. The number of nitrogens with one attached hydrogen (secondary N) is 1. The summed E-state index contributed by atoms with van der Waals surface area (Å²) in [6.45, 7) is 12.2. The molecule has 0 spiro atoms. The number of hydrogen-bond acceptors (Lipinski definition) is 4. The van der Waals surface area contributed by atoms with Crippen molar-refractivity contribution < 1.29 is 0 Å². The van der Waals surface area contributed by atoms with Gasteiger partial charge in [-0.05, 0) is 26.3 Å². The predicted molar refractivity (Wildman–Crippen MR) is 110 cm³/mol. The van der Waals surface area contributed by atoms with E-state index in [1.165, 1.54) is 16.0 Å². The second-order valence-electron chi connectivity index (χ2n) is 6.90. The van der Waals surface area contributed by atoms with Crippen LogP contribution in [0.2, 0.25) is 0 Å². The first kappa shape index (κ1) is 18.9. The number of piperazine rings is 1. The SMILES string of the molecule is CN=C(NCc1nc(C)c(C)s1)N1CCN(Cc2cccc(C)c2)CC1. The van der Waals surface area contributed by atoms with Crippen molar-refractivity contribution in [3.63, 3.8) is 0 Å². The maximum Gasteiger partial charge on any atom is 0.194 e. The van der Waals surface area contributed by atoms with Gasteiger partial charge in [-0.2, -0.15) is 0 Å². The Labute approximate surface area is 160 Å². The average Bonchev–Trinajstić information content (AvgIpc) is 2.95. The first-order valence-corrected chi connectivity index (χ1v) is 10.0. The summed E-state index contributed by atoms with van der Waals surface area (Å²) < 4.78 is 0. The number of aromatic nitrogens is 1.